The number of hydrogen-bond donors (Lipinski definition) is 1. The molecular weight excluding hydrogens is 446 g/mol. The summed E-state index contributed by atoms with van der Waals surface area (Å²) >= 11 is 0. The lowest BCUT2D eigenvalue weighted by atomic mass is 9.91. The van der Waals surface area contributed by atoms with Crippen molar-refractivity contribution in [2.75, 3.05) is 22.9 Å². The van der Waals surface area contributed by atoms with E-state index in [9.17, 15) is 9.59 Å². The van der Waals surface area contributed by atoms with Gasteiger partial charge in [-0.05, 0) is 40.8 Å². The molecule has 1 aliphatic heterocycles. The Hall–Kier alpha value is -3.05. The first-order chi connectivity index (χ1) is 15.9. The quantitative estimate of drug-likeness (QED) is 0.493. The normalized spacial score (nSPS) is 16.7. The lowest BCUT2D eigenvalue weighted by Crippen LogP contribution is -2.44. The number of nitrogens with two attached hydrogens (primary N) is 1. The van der Waals surface area contributed by atoms with Crippen molar-refractivity contribution in [3.8, 4) is 0 Å². The average molecular weight is 480 g/mol. The van der Waals surface area contributed by atoms with Gasteiger partial charge in [0.05, 0.1) is 23.8 Å². The van der Waals surface area contributed by atoms with E-state index in [0.29, 0.717) is 19.0 Å². The highest BCUT2D eigenvalue weighted by Gasteiger charge is 2.38. The summed E-state index contributed by atoms with van der Waals surface area (Å²) < 4.78 is 0. The molecule has 0 saturated heterocycles. The Morgan fingerprint density at radius 3 is 2.32 bits per heavy atom. The minimum absolute atomic E-state index is 0. The number of benzene rings is 3. The summed E-state index contributed by atoms with van der Waals surface area (Å²) in [6.07, 6.45) is 1.00. The molecular formula is C28H34ClN3O2. The second-order valence-electron chi connectivity index (χ2n) is 9.48. The number of carbonyl (C=O) groups is 2. The van der Waals surface area contributed by atoms with Crippen molar-refractivity contribution < 1.29 is 9.59 Å². The third-order valence-electron chi connectivity index (χ3n) is 6.75. The van der Waals surface area contributed by atoms with Gasteiger partial charge in [0.2, 0.25) is 11.8 Å². The van der Waals surface area contributed by atoms with Crippen LogP contribution in [0, 0.1) is 17.8 Å². The van der Waals surface area contributed by atoms with Crippen LogP contribution in [0.3, 0.4) is 0 Å². The first-order valence-corrected chi connectivity index (χ1v) is 11.8. The van der Waals surface area contributed by atoms with Crippen LogP contribution in [-0.2, 0) is 16.1 Å². The summed E-state index contributed by atoms with van der Waals surface area (Å²) in [4.78, 5) is 30.3. The summed E-state index contributed by atoms with van der Waals surface area (Å²) in [5.41, 5.74) is 8.70. The Kier molecular flexibility index (Phi) is 8.21. The third-order valence-corrected chi connectivity index (χ3v) is 6.75. The number of halogens is 1. The zero-order chi connectivity index (χ0) is 23.5. The molecule has 3 aromatic carbocycles. The van der Waals surface area contributed by atoms with E-state index in [0.717, 1.165) is 40.7 Å². The number of rotatable bonds is 7. The number of anilines is 2. The van der Waals surface area contributed by atoms with Gasteiger partial charge in [-0.25, -0.2) is 0 Å². The molecule has 2 N–H and O–H groups in total. The molecule has 5 nitrogen and oxygen atoms in total. The maximum atomic E-state index is 14.0. The SMILES string of the molecule is CC(C)CCN1C[C@H](C(C)C(N)=O)C(=O)N(Cc2cccc3ccccc23)c2ccccc21.Cl. The Bertz CT molecular complexity index is 1160. The fourth-order valence-electron chi connectivity index (χ4n) is 4.65. The Balaban J connectivity index is 0.00000324. The van der Waals surface area contributed by atoms with Crippen molar-refractivity contribution in [2.45, 2.75) is 33.7 Å². The molecule has 0 aromatic heterocycles. The summed E-state index contributed by atoms with van der Waals surface area (Å²) in [5.74, 6) is -1.00. The number of fused-ring (bicyclic) bond motifs is 2. The van der Waals surface area contributed by atoms with E-state index in [4.69, 9.17) is 5.73 Å². The molecule has 0 saturated carbocycles. The van der Waals surface area contributed by atoms with Crippen molar-refractivity contribution in [2.24, 2.45) is 23.5 Å². The molecule has 0 bridgehead atoms. The molecule has 2 amide bonds. The number of para-hydroxylation sites is 2. The van der Waals surface area contributed by atoms with E-state index in [1.54, 1.807) is 6.92 Å². The predicted molar refractivity (Wildman–Crippen MR) is 142 cm³/mol. The number of carbonyl (C=O) groups excluding carboxylic acids is 2. The van der Waals surface area contributed by atoms with Crippen LogP contribution < -0.4 is 15.5 Å². The van der Waals surface area contributed by atoms with E-state index in [1.807, 2.05) is 41.3 Å². The highest BCUT2D eigenvalue weighted by atomic mass is 35.5. The minimum Gasteiger partial charge on any atom is -0.369 e. The van der Waals surface area contributed by atoms with E-state index in [1.165, 1.54) is 0 Å². The monoisotopic (exact) mass is 479 g/mol. The molecule has 4 rings (SSSR count). The zero-order valence-corrected chi connectivity index (χ0v) is 20.9. The van der Waals surface area contributed by atoms with Crippen molar-refractivity contribution >= 4 is 46.4 Å². The molecule has 1 unspecified atom stereocenters. The highest BCUT2D eigenvalue weighted by molar-refractivity contribution is 6.02. The van der Waals surface area contributed by atoms with E-state index >= 15 is 0 Å². The summed E-state index contributed by atoms with van der Waals surface area (Å²) in [6, 6.07) is 22.5. The van der Waals surface area contributed by atoms with Crippen LogP contribution >= 0.6 is 12.4 Å². The van der Waals surface area contributed by atoms with E-state index < -0.39 is 17.7 Å². The Labute approximate surface area is 208 Å². The van der Waals surface area contributed by atoms with Gasteiger partial charge in [0, 0.05) is 19.0 Å². The van der Waals surface area contributed by atoms with Gasteiger partial charge in [-0.3, -0.25) is 9.59 Å². The molecule has 1 aliphatic rings. The van der Waals surface area contributed by atoms with Crippen LogP contribution in [0.4, 0.5) is 11.4 Å². The molecule has 0 aliphatic carbocycles. The second kappa shape index (κ2) is 10.9. The fourth-order valence-corrected chi connectivity index (χ4v) is 4.65. The number of primary amides is 1. The summed E-state index contributed by atoms with van der Waals surface area (Å²) in [5, 5.41) is 2.27. The van der Waals surface area contributed by atoms with E-state index in [2.05, 4.69) is 49.1 Å². The molecule has 34 heavy (non-hydrogen) atoms. The van der Waals surface area contributed by atoms with Crippen LogP contribution in [0.2, 0.25) is 0 Å². The van der Waals surface area contributed by atoms with Gasteiger partial charge < -0.3 is 15.5 Å². The standard InChI is InChI=1S/C28H33N3O2.ClH/c1-19(2)15-16-30-18-24(20(3)27(29)32)28(33)31(26-14-7-6-13-25(26)30)17-22-11-8-10-21-9-4-5-12-23(21)22;/h4-14,19-20,24H,15-18H2,1-3H3,(H2,29,32);1H/t20?,24-;/m1./s1. The molecule has 180 valence electrons. The lowest BCUT2D eigenvalue weighted by Gasteiger charge is -2.28. The topological polar surface area (TPSA) is 66.6 Å². The van der Waals surface area contributed by atoms with Gasteiger partial charge in [0.1, 0.15) is 0 Å². The van der Waals surface area contributed by atoms with Crippen LogP contribution in [-0.4, -0.2) is 24.9 Å². The molecule has 0 spiro atoms. The van der Waals surface area contributed by atoms with Gasteiger partial charge >= 0.3 is 0 Å². The Morgan fingerprint density at radius 1 is 0.971 bits per heavy atom. The van der Waals surface area contributed by atoms with Gasteiger partial charge in [-0.2, -0.15) is 0 Å². The largest absolute Gasteiger partial charge is 0.369 e. The third kappa shape index (κ3) is 5.20. The second-order valence-corrected chi connectivity index (χ2v) is 9.48. The van der Waals surface area contributed by atoms with Crippen molar-refractivity contribution in [1.29, 1.82) is 0 Å². The molecule has 0 fully saturated rings. The predicted octanol–water partition coefficient (Wildman–Crippen LogP) is 5.40. The maximum absolute atomic E-state index is 14.0. The van der Waals surface area contributed by atoms with Gasteiger partial charge in [-0.15, -0.1) is 12.4 Å². The van der Waals surface area contributed by atoms with Crippen molar-refractivity contribution in [3.05, 3.63) is 72.3 Å². The van der Waals surface area contributed by atoms with Crippen LogP contribution in [0.1, 0.15) is 32.8 Å². The molecule has 0 radical (unpaired) electrons. The van der Waals surface area contributed by atoms with Crippen LogP contribution in [0.25, 0.3) is 10.8 Å². The molecule has 3 aromatic rings. The number of hydrogen-bond acceptors (Lipinski definition) is 3. The van der Waals surface area contributed by atoms with Crippen molar-refractivity contribution in [3.63, 3.8) is 0 Å². The zero-order valence-electron chi connectivity index (χ0n) is 20.1. The van der Waals surface area contributed by atoms with E-state index in [-0.39, 0.29) is 18.3 Å². The molecule has 1 heterocycles. The Morgan fingerprint density at radius 2 is 1.62 bits per heavy atom. The van der Waals surface area contributed by atoms with Gasteiger partial charge in [0.25, 0.3) is 0 Å². The van der Waals surface area contributed by atoms with Gasteiger partial charge in [0.15, 0.2) is 0 Å². The maximum Gasteiger partial charge on any atom is 0.233 e. The van der Waals surface area contributed by atoms with Crippen molar-refractivity contribution in [1.82, 2.24) is 0 Å². The first-order valence-electron chi connectivity index (χ1n) is 11.8. The number of amides is 2. The van der Waals surface area contributed by atoms with Gasteiger partial charge in [-0.1, -0.05) is 75.4 Å². The summed E-state index contributed by atoms with van der Waals surface area (Å²) in [7, 11) is 0. The average Bonchev–Trinajstić information content (AvgIpc) is 2.92. The minimum atomic E-state index is -0.552. The van der Waals surface area contributed by atoms with Crippen LogP contribution in [0.5, 0.6) is 0 Å². The summed E-state index contributed by atoms with van der Waals surface area (Å²) in [6.45, 7) is 7.93. The highest BCUT2D eigenvalue weighted by Crippen LogP contribution is 2.37. The molecule has 2 atom stereocenters. The fraction of sp³-hybridized carbons (Fsp3) is 0.357. The molecule has 6 heteroatoms. The van der Waals surface area contributed by atoms with Crippen LogP contribution in [0.15, 0.2) is 66.7 Å². The smallest absolute Gasteiger partial charge is 0.233 e. The number of nitrogens with zero attached hydrogens (tertiary/aromatic N) is 2. The first kappa shape index (κ1) is 25.6. The lowest BCUT2D eigenvalue weighted by molar-refractivity contribution is -0.130.